The molecule has 2 aliphatic heterocycles. The van der Waals surface area contributed by atoms with Crippen molar-refractivity contribution in [2.45, 2.75) is 31.7 Å². The van der Waals surface area contributed by atoms with Crippen LogP contribution in [0.1, 0.15) is 36.0 Å². The highest BCUT2D eigenvalue weighted by atomic mass is 79.9. The standard InChI is InChI=1S/C16H21BrN2O.ClH/c17-14-5-3-4-13(12-14)16(20)19-10-6-15(7-11-19)18-8-1-2-9-18;/h3-5,12,15H,1-2,6-11H2;1H. The van der Waals surface area contributed by atoms with Crippen LogP contribution in [0.15, 0.2) is 28.7 Å². The predicted octanol–water partition coefficient (Wildman–Crippen LogP) is 3.57. The summed E-state index contributed by atoms with van der Waals surface area (Å²) < 4.78 is 0.968. The lowest BCUT2D eigenvalue weighted by Gasteiger charge is -2.36. The zero-order valence-electron chi connectivity index (χ0n) is 12.1. The van der Waals surface area contributed by atoms with Crippen molar-refractivity contribution in [3.05, 3.63) is 34.3 Å². The largest absolute Gasteiger partial charge is 0.339 e. The van der Waals surface area contributed by atoms with Gasteiger partial charge in [-0.1, -0.05) is 22.0 Å². The molecule has 1 aromatic rings. The van der Waals surface area contributed by atoms with E-state index in [1.807, 2.05) is 29.2 Å². The number of likely N-dealkylation sites (tertiary alicyclic amines) is 2. The molecule has 5 heteroatoms. The lowest BCUT2D eigenvalue weighted by molar-refractivity contribution is 0.0644. The van der Waals surface area contributed by atoms with E-state index in [1.54, 1.807) is 0 Å². The zero-order valence-corrected chi connectivity index (χ0v) is 14.5. The first-order valence-corrected chi connectivity index (χ1v) is 8.32. The summed E-state index contributed by atoms with van der Waals surface area (Å²) in [4.78, 5) is 17.1. The average Bonchev–Trinajstić information content (AvgIpc) is 3.01. The number of rotatable bonds is 2. The van der Waals surface area contributed by atoms with Gasteiger partial charge < -0.3 is 9.80 Å². The second-order valence-corrected chi connectivity index (χ2v) is 6.69. The Morgan fingerprint density at radius 3 is 2.38 bits per heavy atom. The van der Waals surface area contributed by atoms with Gasteiger partial charge in [-0.3, -0.25) is 4.79 Å². The number of carbonyl (C=O) groups excluding carboxylic acids is 1. The molecule has 0 unspecified atom stereocenters. The van der Waals surface area contributed by atoms with Crippen LogP contribution in [0, 0.1) is 0 Å². The first kappa shape index (κ1) is 16.8. The maximum Gasteiger partial charge on any atom is 0.253 e. The van der Waals surface area contributed by atoms with E-state index in [9.17, 15) is 4.79 Å². The Balaban J connectivity index is 0.00000161. The molecule has 0 bridgehead atoms. The van der Waals surface area contributed by atoms with Crippen molar-refractivity contribution in [3.8, 4) is 0 Å². The Morgan fingerprint density at radius 2 is 1.76 bits per heavy atom. The van der Waals surface area contributed by atoms with Gasteiger partial charge in [-0.05, 0) is 57.0 Å². The van der Waals surface area contributed by atoms with Gasteiger partial charge in [0.2, 0.25) is 0 Å². The predicted molar refractivity (Wildman–Crippen MR) is 91.1 cm³/mol. The maximum atomic E-state index is 12.5. The summed E-state index contributed by atoms with van der Waals surface area (Å²) in [5.41, 5.74) is 0.791. The molecule has 2 saturated heterocycles. The van der Waals surface area contributed by atoms with Crippen molar-refractivity contribution < 1.29 is 4.79 Å². The quantitative estimate of drug-likeness (QED) is 0.791. The van der Waals surface area contributed by atoms with E-state index in [-0.39, 0.29) is 18.3 Å². The molecule has 2 heterocycles. The Hall–Kier alpha value is -0.580. The SMILES string of the molecule is Cl.O=C(c1cccc(Br)c1)N1CCC(N2CCCC2)CC1. The van der Waals surface area contributed by atoms with Crippen LogP contribution in [0.25, 0.3) is 0 Å². The normalized spacial score (nSPS) is 20.3. The van der Waals surface area contributed by atoms with Crippen LogP contribution in [-0.2, 0) is 0 Å². The zero-order chi connectivity index (χ0) is 13.9. The fourth-order valence-corrected chi connectivity index (χ4v) is 3.74. The number of halogens is 2. The third-order valence-corrected chi connectivity index (χ3v) is 4.97. The topological polar surface area (TPSA) is 23.6 Å². The molecule has 3 nitrogen and oxygen atoms in total. The van der Waals surface area contributed by atoms with Crippen LogP contribution in [-0.4, -0.2) is 47.9 Å². The third kappa shape index (κ3) is 3.99. The average molecular weight is 374 g/mol. The number of piperidine rings is 1. The first-order valence-electron chi connectivity index (χ1n) is 7.53. The highest BCUT2D eigenvalue weighted by Crippen LogP contribution is 2.22. The van der Waals surface area contributed by atoms with Gasteiger partial charge in [-0.2, -0.15) is 0 Å². The maximum absolute atomic E-state index is 12.5. The van der Waals surface area contributed by atoms with Crippen molar-refractivity contribution in [1.82, 2.24) is 9.80 Å². The van der Waals surface area contributed by atoms with Crippen LogP contribution in [0.5, 0.6) is 0 Å². The van der Waals surface area contributed by atoms with Crippen LogP contribution in [0.4, 0.5) is 0 Å². The van der Waals surface area contributed by atoms with Gasteiger partial charge >= 0.3 is 0 Å². The van der Waals surface area contributed by atoms with E-state index in [1.165, 1.54) is 25.9 Å². The van der Waals surface area contributed by atoms with Gasteiger partial charge in [-0.25, -0.2) is 0 Å². The minimum atomic E-state index is 0. The molecule has 0 radical (unpaired) electrons. The second-order valence-electron chi connectivity index (χ2n) is 5.78. The molecule has 21 heavy (non-hydrogen) atoms. The summed E-state index contributed by atoms with van der Waals surface area (Å²) in [6.07, 6.45) is 4.94. The molecule has 3 rings (SSSR count). The molecule has 0 N–H and O–H groups in total. The third-order valence-electron chi connectivity index (χ3n) is 4.48. The Bertz CT molecular complexity index is 483. The molecule has 1 aromatic carbocycles. The minimum Gasteiger partial charge on any atom is -0.339 e. The van der Waals surface area contributed by atoms with E-state index in [0.717, 1.165) is 36.0 Å². The molecule has 116 valence electrons. The second kappa shape index (κ2) is 7.61. The first-order chi connectivity index (χ1) is 9.74. The number of nitrogens with zero attached hydrogens (tertiary/aromatic N) is 2. The van der Waals surface area contributed by atoms with Crippen LogP contribution < -0.4 is 0 Å². The van der Waals surface area contributed by atoms with Crippen molar-refractivity contribution in [3.63, 3.8) is 0 Å². The molecular formula is C16H22BrClN2O. The molecule has 2 fully saturated rings. The van der Waals surface area contributed by atoms with E-state index < -0.39 is 0 Å². The molecule has 0 atom stereocenters. The number of carbonyl (C=O) groups is 1. The molecule has 2 aliphatic rings. The van der Waals surface area contributed by atoms with Crippen molar-refractivity contribution >= 4 is 34.2 Å². The van der Waals surface area contributed by atoms with E-state index in [4.69, 9.17) is 0 Å². The summed E-state index contributed by atoms with van der Waals surface area (Å²) in [6, 6.07) is 8.39. The van der Waals surface area contributed by atoms with Crippen molar-refractivity contribution in [2.75, 3.05) is 26.2 Å². The monoisotopic (exact) mass is 372 g/mol. The fourth-order valence-electron chi connectivity index (χ4n) is 3.34. The van der Waals surface area contributed by atoms with Gasteiger partial charge in [0.25, 0.3) is 5.91 Å². The number of amides is 1. The summed E-state index contributed by atoms with van der Waals surface area (Å²) in [5.74, 6) is 0.172. The smallest absolute Gasteiger partial charge is 0.253 e. The van der Waals surface area contributed by atoms with Gasteiger partial charge in [0.15, 0.2) is 0 Å². The molecular weight excluding hydrogens is 352 g/mol. The van der Waals surface area contributed by atoms with Crippen molar-refractivity contribution in [1.29, 1.82) is 0 Å². The Morgan fingerprint density at radius 1 is 1.10 bits per heavy atom. The molecule has 0 spiro atoms. The molecule has 1 amide bonds. The molecule has 0 aromatic heterocycles. The Labute approximate surface area is 141 Å². The van der Waals surface area contributed by atoms with Crippen LogP contribution in [0.2, 0.25) is 0 Å². The van der Waals surface area contributed by atoms with E-state index in [0.29, 0.717) is 6.04 Å². The highest BCUT2D eigenvalue weighted by molar-refractivity contribution is 9.10. The number of hydrogen-bond acceptors (Lipinski definition) is 2. The summed E-state index contributed by atoms with van der Waals surface area (Å²) in [6.45, 7) is 4.30. The lowest BCUT2D eigenvalue weighted by Crippen LogP contribution is -2.45. The summed E-state index contributed by atoms with van der Waals surface area (Å²) in [5, 5.41) is 0. The van der Waals surface area contributed by atoms with E-state index in [2.05, 4.69) is 20.8 Å². The van der Waals surface area contributed by atoms with Gasteiger partial charge in [0.05, 0.1) is 0 Å². The van der Waals surface area contributed by atoms with Crippen LogP contribution in [0.3, 0.4) is 0 Å². The van der Waals surface area contributed by atoms with Gasteiger partial charge in [0, 0.05) is 29.2 Å². The lowest BCUT2D eigenvalue weighted by atomic mass is 10.0. The van der Waals surface area contributed by atoms with Crippen molar-refractivity contribution in [2.24, 2.45) is 0 Å². The van der Waals surface area contributed by atoms with E-state index >= 15 is 0 Å². The molecule has 0 aliphatic carbocycles. The van der Waals surface area contributed by atoms with Crippen LogP contribution >= 0.6 is 28.3 Å². The Kier molecular flexibility index (Phi) is 6.08. The highest BCUT2D eigenvalue weighted by Gasteiger charge is 2.28. The summed E-state index contributed by atoms with van der Waals surface area (Å²) in [7, 11) is 0. The summed E-state index contributed by atoms with van der Waals surface area (Å²) >= 11 is 3.43. The molecule has 0 saturated carbocycles. The van der Waals surface area contributed by atoms with Gasteiger partial charge in [0.1, 0.15) is 0 Å². The fraction of sp³-hybridized carbons (Fsp3) is 0.562. The number of hydrogen-bond donors (Lipinski definition) is 0. The van der Waals surface area contributed by atoms with Gasteiger partial charge in [-0.15, -0.1) is 12.4 Å². The minimum absolute atomic E-state index is 0. The number of benzene rings is 1.